The van der Waals surface area contributed by atoms with Crippen LogP contribution in [0.4, 0.5) is 0 Å². The van der Waals surface area contributed by atoms with E-state index >= 15 is 0 Å². The molecule has 0 aliphatic heterocycles. The molecule has 0 bridgehead atoms. The van der Waals surface area contributed by atoms with Crippen LogP contribution in [0, 0.1) is 13.8 Å². The molecule has 0 spiro atoms. The Balaban J connectivity index is 1.49. The highest BCUT2D eigenvalue weighted by atomic mass is 16.5. The Hall–Kier alpha value is -4.05. The topological polar surface area (TPSA) is 47.6 Å². The number of nitrogens with one attached hydrogen (secondary N) is 1. The van der Waals surface area contributed by atoms with E-state index in [1.165, 1.54) is 22.3 Å². The summed E-state index contributed by atoms with van der Waals surface area (Å²) in [4.78, 5) is 12.9. The third-order valence-corrected chi connectivity index (χ3v) is 6.65. The third kappa shape index (κ3) is 5.60. The monoisotopic (exact) mass is 479 g/mol. The number of amides is 1. The molecule has 1 amide bonds. The summed E-state index contributed by atoms with van der Waals surface area (Å²) in [5.41, 5.74) is 9.08. The Morgan fingerprint density at radius 3 is 2.11 bits per heavy atom. The van der Waals surface area contributed by atoms with Crippen molar-refractivity contribution in [2.24, 2.45) is 0 Å². The Morgan fingerprint density at radius 2 is 1.42 bits per heavy atom. The molecule has 184 valence electrons. The first-order valence-corrected chi connectivity index (χ1v) is 12.2. The molecule has 36 heavy (non-hydrogen) atoms. The van der Waals surface area contributed by atoms with Crippen molar-refractivity contribution < 1.29 is 14.3 Å². The van der Waals surface area contributed by atoms with Crippen molar-refractivity contribution in [1.82, 2.24) is 5.32 Å². The summed E-state index contributed by atoms with van der Waals surface area (Å²) in [6.45, 7) is 4.77. The number of ether oxygens (including phenoxy) is 2. The molecule has 0 aliphatic rings. The maximum Gasteiger partial charge on any atom is 0.224 e. The molecule has 4 nitrogen and oxygen atoms in total. The van der Waals surface area contributed by atoms with Gasteiger partial charge in [0, 0.05) is 6.54 Å². The van der Waals surface area contributed by atoms with Gasteiger partial charge in [-0.25, -0.2) is 0 Å². The van der Waals surface area contributed by atoms with Gasteiger partial charge in [0.15, 0.2) is 11.5 Å². The van der Waals surface area contributed by atoms with Gasteiger partial charge in [0.1, 0.15) is 0 Å². The van der Waals surface area contributed by atoms with Gasteiger partial charge in [-0.2, -0.15) is 0 Å². The van der Waals surface area contributed by atoms with E-state index in [0.29, 0.717) is 30.9 Å². The molecule has 4 rings (SSSR count). The predicted octanol–water partition coefficient (Wildman–Crippen LogP) is 6.56. The molecular formula is C32H33NO3. The number of hydrogen-bond donors (Lipinski definition) is 1. The average molecular weight is 480 g/mol. The maximum atomic E-state index is 12.9. The van der Waals surface area contributed by atoms with Gasteiger partial charge < -0.3 is 14.8 Å². The number of benzene rings is 4. The standard InChI is InChI=1S/C32H33NO3/c1-22-13-14-28(21-30(34)33-20-19-27-11-8-12-29(35-3)32(27)36-4)31(23(22)2)26-17-15-25(16-18-26)24-9-6-5-7-10-24/h5-18H,19-21H2,1-4H3,(H,33,34). The van der Waals surface area contributed by atoms with Crippen molar-refractivity contribution in [3.63, 3.8) is 0 Å². The molecule has 0 heterocycles. The van der Waals surface area contributed by atoms with E-state index in [2.05, 4.69) is 79.8 Å². The summed E-state index contributed by atoms with van der Waals surface area (Å²) in [6, 6.07) is 28.9. The molecule has 0 fully saturated rings. The molecule has 0 atom stereocenters. The Morgan fingerprint density at radius 1 is 0.722 bits per heavy atom. The number of methoxy groups -OCH3 is 2. The normalized spacial score (nSPS) is 10.7. The fraction of sp³-hybridized carbons (Fsp3) is 0.219. The number of hydrogen-bond acceptors (Lipinski definition) is 3. The van der Waals surface area contributed by atoms with Gasteiger partial charge in [-0.3, -0.25) is 4.79 Å². The first kappa shape index (κ1) is 25.1. The van der Waals surface area contributed by atoms with Crippen molar-refractivity contribution in [3.8, 4) is 33.8 Å². The summed E-state index contributed by atoms with van der Waals surface area (Å²) in [5, 5.41) is 3.08. The number of carbonyl (C=O) groups is 1. The average Bonchev–Trinajstić information content (AvgIpc) is 2.91. The molecule has 0 aromatic heterocycles. The second-order valence-electron chi connectivity index (χ2n) is 8.91. The van der Waals surface area contributed by atoms with Gasteiger partial charge in [-0.15, -0.1) is 0 Å². The molecule has 0 radical (unpaired) electrons. The first-order chi connectivity index (χ1) is 17.5. The molecule has 4 aromatic carbocycles. The van der Waals surface area contributed by atoms with Gasteiger partial charge in [-0.1, -0.05) is 78.9 Å². The molecule has 0 saturated carbocycles. The number of carbonyl (C=O) groups excluding carboxylic acids is 1. The number of aryl methyl sites for hydroxylation is 1. The molecule has 4 aromatic rings. The van der Waals surface area contributed by atoms with E-state index in [4.69, 9.17) is 9.47 Å². The molecule has 0 aliphatic carbocycles. The minimum absolute atomic E-state index is 0.00210. The van der Waals surface area contributed by atoms with Crippen molar-refractivity contribution in [1.29, 1.82) is 0 Å². The minimum Gasteiger partial charge on any atom is -0.493 e. The van der Waals surface area contributed by atoms with Gasteiger partial charge >= 0.3 is 0 Å². The quantitative estimate of drug-likeness (QED) is 0.296. The van der Waals surface area contributed by atoms with E-state index in [0.717, 1.165) is 22.3 Å². The highest BCUT2D eigenvalue weighted by molar-refractivity contribution is 5.83. The lowest BCUT2D eigenvalue weighted by molar-refractivity contribution is -0.120. The van der Waals surface area contributed by atoms with Crippen molar-refractivity contribution >= 4 is 5.91 Å². The van der Waals surface area contributed by atoms with Gasteiger partial charge in [0.05, 0.1) is 20.6 Å². The minimum atomic E-state index is 0.00210. The van der Waals surface area contributed by atoms with E-state index in [-0.39, 0.29) is 5.91 Å². The highest BCUT2D eigenvalue weighted by Gasteiger charge is 2.15. The Kier molecular flexibility index (Phi) is 8.06. The molecule has 4 heteroatoms. The lowest BCUT2D eigenvalue weighted by Crippen LogP contribution is -2.27. The van der Waals surface area contributed by atoms with Crippen LogP contribution in [0.25, 0.3) is 22.3 Å². The maximum absolute atomic E-state index is 12.9. The van der Waals surface area contributed by atoms with Crippen LogP contribution in [-0.2, 0) is 17.6 Å². The lowest BCUT2D eigenvalue weighted by atomic mass is 9.89. The van der Waals surface area contributed by atoms with E-state index < -0.39 is 0 Å². The van der Waals surface area contributed by atoms with Gasteiger partial charge in [-0.05, 0) is 70.8 Å². The van der Waals surface area contributed by atoms with Crippen molar-refractivity contribution in [2.75, 3.05) is 20.8 Å². The van der Waals surface area contributed by atoms with Crippen LogP contribution in [0.1, 0.15) is 22.3 Å². The molecular weight excluding hydrogens is 446 g/mol. The van der Waals surface area contributed by atoms with Gasteiger partial charge in [0.2, 0.25) is 5.91 Å². The summed E-state index contributed by atoms with van der Waals surface area (Å²) in [6.07, 6.45) is 0.985. The van der Waals surface area contributed by atoms with Crippen LogP contribution in [0.3, 0.4) is 0 Å². The van der Waals surface area contributed by atoms with E-state index in [9.17, 15) is 4.79 Å². The van der Waals surface area contributed by atoms with Crippen molar-refractivity contribution in [3.05, 3.63) is 107 Å². The number of para-hydroxylation sites is 1. The largest absolute Gasteiger partial charge is 0.493 e. The zero-order valence-electron chi connectivity index (χ0n) is 21.4. The van der Waals surface area contributed by atoms with Crippen LogP contribution >= 0.6 is 0 Å². The smallest absolute Gasteiger partial charge is 0.224 e. The fourth-order valence-corrected chi connectivity index (χ4v) is 4.60. The zero-order valence-corrected chi connectivity index (χ0v) is 21.4. The first-order valence-electron chi connectivity index (χ1n) is 12.2. The van der Waals surface area contributed by atoms with Crippen molar-refractivity contribution in [2.45, 2.75) is 26.7 Å². The van der Waals surface area contributed by atoms with Crippen LogP contribution in [-0.4, -0.2) is 26.7 Å². The summed E-state index contributed by atoms with van der Waals surface area (Å²) < 4.78 is 10.9. The summed E-state index contributed by atoms with van der Waals surface area (Å²) in [5.74, 6) is 1.41. The molecule has 0 unspecified atom stereocenters. The van der Waals surface area contributed by atoms with Gasteiger partial charge in [0.25, 0.3) is 0 Å². The SMILES string of the molecule is COc1cccc(CCNC(=O)Cc2ccc(C)c(C)c2-c2ccc(-c3ccccc3)cc2)c1OC. The van der Waals surface area contributed by atoms with Crippen LogP contribution in [0.5, 0.6) is 11.5 Å². The third-order valence-electron chi connectivity index (χ3n) is 6.65. The number of rotatable bonds is 9. The summed E-state index contributed by atoms with van der Waals surface area (Å²) in [7, 11) is 3.26. The fourth-order valence-electron chi connectivity index (χ4n) is 4.60. The van der Waals surface area contributed by atoms with Crippen LogP contribution in [0.15, 0.2) is 84.9 Å². The molecule has 1 N–H and O–H groups in total. The summed E-state index contributed by atoms with van der Waals surface area (Å²) >= 11 is 0. The predicted molar refractivity (Wildman–Crippen MR) is 147 cm³/mol. The van der Waals surface area contributed by atoms with Crippen LogP contribution < -0.4 is 14.8 Å². The van der Waals surface area contributed by atoms with E-state index in [1.54, 1.807) is 14.2 Å². The lowest BCUT2D eigenvalue weighted by Gasteiger charge is -2.16. The Bertz CT molecular complexity index is 1330. The Labute approximate surface area is 213 Å². The van der Waals surface area contributed by atoms with E-state index in [1.807, 2.05) is 24.3 Å². The second kappa shape index (κ2) is 11.6. The highest BCUT2D eigenvalue weighted by Crippen LogP contribution is 2.32. The molecule has 0 saturated heterocycles. The second-order valence-corrected chi connectivity index (χ2v) is 8.91. The van der Waals surface area contributed by atoms with Crippen LogP contribution in [0.2, 0.25) is 0 Å². The zero-order chi connectivity index (χ0) is 25.5.